The zero-order valence-electron chi connectivity index (χ0n) is 11.6. The molecule has 0 unspecified atom stereocenters. The van der Waals surface area contributed by atoms with Crippen LogP contribution >= 0.6 is 11.3 Å². The molecule has 0 saturated heterocycles. The maximum atomic E-state index is 12.0. The summed E-state index contributed by atoms with van der Waals surface area (Å²) in [5.74, 6) is -0.434. The average Bonchev–Trinajstić information content (AvgIpc) is 2.94. The number of benzene rings is 1. The topological polar surface area (TPSA) is 84.2 Å². The number of urea groups is 1. The van der Waals surface area contributed by atoms with E-state index in [9.17, 15) is 9.59 Å². The highest BCUT2D eigenvalue weighted by atomic mass is 32.1. The number of rotatable bonds is 5. The molecule has 1 aromatic carbocycles. The second-order valence-electron chi connectivity index (χ2n) is 4.64. The van der Waals surface area contributed by atoms with Crippen molar-refractivity contribution < 1.29 is 9.59 Å². The van der Waals surface area contributed by atoms with Crippen molar-refractivity contribution in [3.8, 4) is 0 Å². The van der Waals surface area contributed by atoms with E-state index in [2.05, 4.69) is 10.6 Å². The Morgan fingerprint density at radius 1 is 1.24 bits per heavy atom. The van der Waals surface area contributed by atoms with Gasteiger partial charge in [0.1, 0.15) is 0 Å². The van der Waals surface area contributed by atoms with Gasteiger partial charge in [-0.25, -0.2) is 4.79 Å². The predicted molar refractivity (Wildman–Crippen MR) is 84.2 cm³/mol. The molecule has 0 fully saturated rings. The molecule has 1 heterocycles. The van der Waals surface area contributed by atoms with Crippen LogP contribution in [0.4, 0.5) is 10.5 Å². The van der Waals surface area contributed by atoms with Crippen molar-refractivity contribution in [3.05, 3.63) is 52.2 Å². The first kappa shape index (κ1) is 15.1. The highest BCUT2D eigenvalue weighted by molar-refractivity contribution is 7.10. The monoisotopic (exact) mass is 303 g/mol. The largest absolute Gasteiger partial charge is 0.369 e. The van der Waals surface area contributed by atoms with Crippen molar-refractivity contribution in [2.45, 2.75) is 19.4 Å². The van der Waals surface area contributed by atoms with Gasteiger partial charge in [-0.05, 0) is 30.0 Å². The predicted octanol–water partition coefficient (Wildman–Crippen LogP) is 2.66. The van der Waals surface area contributed by atoms with E-state index in [-0.39, 0.29) is 18.5 Å². The third-order valence-electron chi connectivity index (χ3n) is 2.95. The first-order valence-corrected chi connectivity index (χ1v) is 7.41. The van der Waals surface area contributed by atoms with Crippen LogP contribution in [-0.2, 0) is 11.2 Å². The maximum Gasteiger partial charge on any atom is 0.319 e. The van der Waals surface area contributed by atoms with Crippen LogP contribution < -0.4 is 16.4 Å². The summed E-state index contributed by atoms with van der Waals surface area (Å²) in [4.78, 5) is 24.1. The summed E-state index contributed by atoms with van der Waals surface area (Å²) in [6.45, 7) is 1.92. The number of para-hydroxylation sites is 1. The Hall–Kier alpha value is -2.34. The lowest BCUT2D eigenvalue weighted by Gasteiger charge is -2.15. The SMILES string of the molecule is C[C@@H](NC(=O)Nc1ccccc1CC(N)=O)c1cccs1. The van der Waals surface area contributed by atoms with Gasteiger partial charge in [-0.3, -0.25) is 4.79 Å². The fourth-order valence-electron chi connectivity index (χ4n) is 1.95. The van der Waals surface area contributed by atoms with E-state index in [1.807, 2.05) is 24.4 Å². The molecule has 0 spiro atoms. The van der Waals surface area contributed by atoms with Crippen LogP contribution in [0.25, 0.3) is 0 Å². The number of carbonyl (C=O) groups is 2. The standard InChI is InChI=1S/C15H17N3O2S/c1-10(13-7-4-8-21-13)17-15(20)18-12-6-3-2-5-11(12)9-14(16)19/h2-8,10H,9H2,1H3,(H2,16,19)(H2,17,18,20)/t10-/m1/s1. The molecule has 2 rings (SSSR count). The van der Waals surface area contributed by atoms with E-state index < -0.39 is 5.91 Å². The number of nitrogens with one attached hydrogen (secondary N) is 2. The molecule has 0 radical (unpaired) electrons. The van der Waals surface area contributed by atoms with E-state index in [0.29, 0.717) is 11.3 Å². The van der Waals surface area contributed by atoms with Gasteiger partial charge in [-0.2, -0.15) is 0 Å². The summed E-state index contributed by atoms with van der Waals surface area (Å²) in [6.07, 6.45) is 0.0942. The highest BCUT2D eigenvalue weighted by Crippen LogP contribution is 2.19. The lowest BCUT2D eigenvalue weighted by atomic mass is 10.1. The Kier molecular flexibility index (Phi) is 4.94. The van der Waals surface area contributed by atoms with Gasteiger partial charge in [-0.1, -0.05) is 24.3 Å². The van der Waals surface area contributed by atoms with Crippen molar-refractivity contribution in [1.29, 1.82) is 0 Å². The van der Waals surface area contributed by atoms with Crippen LogP contribution in [0.15, 0.2) is 41.8 Å². The van der Waals surface area contributed by atoms with Gasteiger partial charge in [0.15, 0.2) is 0 Å². The van der Waals surface area contributed by atoms with Crippen LogP contribution in [0.1, 0.15) is 23.4 Å². The molecule has 4 N–H and O–H groups in total. The van der Waals surface area contributed by atoms with E-state index in [4.69, 9.17) is 5.73 Å². The molecule has 0 aliphatic rings. The Morgan fingerprint density at radius 3 is 2.67 bits per heavy atom. The van der Waals surface area contributed by atoms with Gasteiger partial charge in [-0.15, -0.1) is 11.3 Å². The Balaban J connectivity index is 2.01. The third kappa shape index (κ3) is 4.32. The normalized spacial score (nSPS) is 11.7. The van der Waals surface area contributed by atoms with Crippen molar-refractivity contribution in [2.75, 3.05) is 5.32 Å². The van der Waals surface area contributed by atoms with Gasteiger partial charge in [0.25, 0.3) is 0 Å². The van der Waals surface area contributed by atoms with Gasteiger partial charge in [0.05, 0.1) is 12.5 Å². The summed E-state index contributed by atoms with van der Waals surface area (Å²) >= 11 is 1.59. The zero-order valence-corrected chi connectivity index (χ0v) is 12.4. The molecule has 0 bridgehead atoms. The van der Waals surface area contributed by atoms with Crippen molar-refractivity contribution in [2.24, 2.45) is 5.73 Å². The van der Waals surface area contributed by atoms with E-state index >= 15 is 0 Å². The van der Waals surface area contributed by atoms with Crippen molar-refractivity contribution >= 4 is 29.0 Å². The molecule has 5 nitrogen and oxygen atoms in total. The Morgan fingerprint density at radius 2 is 2.00 bits per heavy atom. The molecule has 6 heteroatoms. The molecular formula is C15H17N3O2S. The summed E-state index contributed by atoms with van der Waals surface area (Å²) in [5.41, 5.74) is 6.49. The molecule has 0 saturated carbocycles. The Labute approximate surface area is 127 Å². The van der Waals surface area contributed by atoms with Gasteiger partial charge in [0, 0.05) is 10.6 Å². The van der Waals surface area contributed by atoms with E-state index in [1.54, 1.807) is 35.6 Å². The lowest BCUT2D eigenvalue weighted by Crippen LogP contribution is -2.31. The minimum Gasteiger partial charge on any atom is -0.369 e. The molecule has 1 atom stereocenters. The van der Waals surface area contributed by atoms with Crippen LogP contribution in [0.5, 0.6) is 0 Å². The number of thiophene rings is 1. The molecule has 21 heavy (non-hydrogen) atoms. The molecule has 0 aliphatic heterocycles. The van der Waals surface area contributed by atoms with Gasteiger partial charge < -0.3 is 16.4 Å². The Bertz CT molecular complexity index is 626. The summed E-state index contributed by atoms with van der Waals surface area (Å²) in [6, 6.07) is 10.6. The van der Waals surface area contributed by atoms with Crippen molar-refractivity contribution in [3.63, 3.8) is 0 Å². The second-order valence-corrected chi connectivity index (χ2v) is 5.62. The van der Waals surface area contributed by atoms with Crippen LogP contribution in [-0.4, -0.2) is 11.9 Å². The van der Waals surface area contributed by atoms with Crippen LogP contribution in [0.2, 0.25) is 0 Å². The molecule has 3 amide bonds. The number of carbonyl (C=O) groups excluding carboxylic acids is 2. The zero-order chi connectivity index (χ0) is 15.2. The molecular weight excluding hydrogens is 286 g/mol. The fourth-order valence-corrected chi connectivity index (χ4v) is 2.68. The second kappa shape index (κ2) is 6.90. The average molecular weight is 303 g/mol. The first-order valence-electron chi connectivity index (χ1n) is 6.53. The summed E-state index contributed by atoms with van der Waals surface area (Å²) in [7, 11) is 0. The number of anilines is 1. The van der Waals surface area contributed by atoms with Gasteiger partial charge >= 0.3 is 6.03 Å². The summed E-state index contributed by atoms with van der Waals surface area (Å²) in [5, 5.41) is 7.58. The van der Waals surface area contributed by atoms with Crippen LogP contribution in [0.3, 0.4) is 0 Å². The first-order chi connectivity index (χ1) is 10.1. The number of amides is 3. The lowest BCUT2D eigenvalue weighted by molar-refractivity contribution is -0.117. The minimum atomic E-state index is -0.434. The molecule has 0 aliphatic carbocycles. The van der Waals surface area contributed by atoms with E-state index in [1.165, 1.54) is 0 Å². The third-order valence-corrected chi connectivity index (χ3v) is 4.00. The molecule has 1 aromatic heterocycles. The highest BCUT2D eigenvalue weighted by Gasteiger charge is 2.12. The fraction of sp³-hybridized carbons (Fsp3) is 0.200. The number of hydrogen-bond acceptors (Lipinski definition) is 3. The van der Waals surface area contributed by atoms with E-state index in [0.717, 1.165) is 4.88 Å². The van der Waals surface area contributed by atoms with Gasteiger partial charge in [0.2, 0.25) is 5.91 Å². The number of primary amides is 1. The number of nitrogens with two attached hydrogens (primary N) is 1. The molecule has 110 valence electrons. The maximum absolute atomic E-state index is 12.0. The summed E-state index contributed by atoms with van der Waals surface area (Å²) < 4.78 is 0. The number of hydrogen-bond donors (Lipinski definition) is 3. The van der Waals surface area contributed by atoms with Crippen LogP contribution in [0, 0.1) is 0 Å². The van der Waals surface area contributed by atoms with Crippen molar-refractivity contribution in [1.82, 2.24) is 5.32 Å². The minimum absolute atomic E-state index is 0.0756. The smallest absolute Gasteiger partial charge is 0.319 e. The quantitative estimate of drug-likeness (QED) is 0.793. The molecule has 2 aromatic rings.